The largest absolute Gasteiger partial charge is 0.508 e. The van der Waals surface area contributed by atoms with Crippen molar-refractivity contribution >= 4 is 41.6 Å². The summed E-state index contributed by atoms with van der Waals surface area (Å²) in [5.41, 5.74) is 6.84. The van der Waals surface area contributed by atoms with E-state index >= 15 is 0 Å². The average Bonchev–Trinajstić information content (AvgIpc) is 3.30. The normalized spacial score (nSPS) is 20.2. The molecule has 13 nitrogen and oxygen atoms in total. The summed E-state index contributed by atoms with van der Waals surface area (Å²) in [6.07, 6.45) is 0.544. The summed E-state index contributed by atoms with van der Waals surface area (Å²) < 4.78 is 17.1. The van der Waals surface area contributed by atoms with Crippen LogP contribution in [0.4, 0.5) is 4.79 Å². The Labute approximate surface area is 218 Å². The van der Waals surface area contributed by atoms with Gasteiger partial charge in [-0.05, 0) is 43.4 Å². The molecule has 15 heteroatoms. The Morgan fingerprint density at radius 3 is 2.78 bits per heavy atom. The number of amides is 1. The summed E-state index contributed by atoms with van der Waals surface area (Å²) in [6, 6.07) is -0.659. The molecule has 1 unspecified atom stereocenters. The van der Waals surface area contributed by atoms with Gasteiger partial charge in [-0.2, -0.15) is 0 Å². The minimum atomic E-state index is -0.812. The zero-order chi connectivity index (χ0) is 26.2. The predicted octanol–water partition coefficient (Wildman–Crippen LogP) is 0.708. The maximum Gasteiger partial charge on any atom is 0.508 e. The molecule has 0 spiro atoms. The van der Waals surface area contributed by atoms with E-state index in [2.05, 4.69) is 15.5 Å². The molecule has 0 radical (unpaired) electrons. The van der Waals surface area contributed by atoms with Gasteiger partial charge in [-0.15, -0.1) is 16.9 Å². The molecule has 2 aliphatic heterocycles. The van der Waals surface area contributed by atoms with E-state index in [1.54, 1.807) is 11.6 Å². The molecule has 0 aromatic carbocycles. The second-order valence-corrected chi connectivity index (χ2v) is 10.7. The summed E-state index contributed by atoms with van der Waals surface area (Å²) in [5.74, 6) is -0.0949. The van der Waals surface area contributed by atoms with Gasteiger partial charge in [0.2, 0.25) is 11.1 Å². The van der Waals surface area contributed by atoms with Crippen molar-refractivity contribution in [2.75, 3.05) is 45.4 Å². The maximum atomic E-state index is 13.0. The number of β-lactam (4-membered cyclic amide) rings is 1. The van der Waals surface area contributed by atoms with Gasteiger partial charge < -0.3 is 24.8 Å². The fourth-order valence-electron chi connectivity index (χ4n) is 3.56. The molecule has 1 aromatic rings. The van der Waals surface area contributed by atoms with Crippen LogP contribution in [-0.2, 0) is 30.3 Å². The molecule has 0 saturated carbocycles. The highest BCUT2D eigenvalue weighted by Gasteiger charge is 2.52. The van der Waals surface area contributed by atoms with Gasteiger partial charge in [0.05, 0.1) is 6.54 Å². The van der Waals surface area contributed by atoms with Crippen molar-refractivity contribution in [3.05, 3.63) is 11.3 Å². The molecule has 1 aromatic heterocycles. The number of ether oxygens (including phenoxy) is 3. The second kappa shape index (κ2) is 13.3. The van der Waals surface area contributed by atoms with Crippen molar-refractivity contribution in [3.63, 3.8) is 0 Å². The first kappa shape index (κ1) is 28.2. The van der Waals surface area contributed by atoms with Gasteiger partial charge in [-0.3, -0.25) is 9.69 Å². The predicted molar refractivity (Wildman–Crippen MR) is 133 cm³/mol. The number of nitrogens with two attached hydrogens (primary N) is 1. The van der Waals surface area contributed by atoms with Crippen LogP contribution in [0.3, 0.4) is 0 Å². The third-order valence-electron chi connectivity index (χ3n) is 5.44. The van der Waals surface area contributed by atoms with Gasteiger partial charge in [-0.1, -0.05) is 25.1 Å². The number of esters is 1. The Morgan fingerprint density at radius 2 is 2.06 bits per heavy atom. The number of thioether (sulfide) groups is 2. The molecule has 1 amide bonds. The molecule has 0 aliphatic carbocycles. The number of hydrogen-bond acceptors (Lipinski definition) is 13. The zero-order valence-electron chi connectivity index (χ0n) is 20.9. The summed E-state index contributed by atoms with van der Waals surface area (Å²) >= 11 is 2.88. The number of nitrogens with zero attached hydrogens (tertiary/aromatic N) is 6. The SMILES string of the molecule is CCCC(C)OC(=O)OCCOC(=O)C1=C(CSc2nnnn2CCN(C)C)CS[C@H]2[C@H](N)C(=O)N12. The van der Waals surface area contributed by atoms with E-state index in [4.69, 9.17) is 19.9 Å². The minimum absolute atomic E-state index is 0.160. The van der Waals surface area contributed by atoms with Crippen LogP contribution >= 0.6 is 23.5 Å². The van der Waals surface area contributed by atoms with Gasteiger partial charge >= 0.3 is 12.1 Å². The van der Waals surface area contributed by atoms with E-state index in [0.717, 1.165) is 25.0 Å². The van der Waals surface area contributed by atoms with Gasteiger partial charge in [0.1, 0.15) is 36.4 Å². The lowest BCUT2D eigenvalue weighted by Crippen LogP contribution is -2.68. The smallest absolute Gasteiger partial charge is 0.457 e. The third-order valence-corrected chi connectivity index (χ3v) is 7.85. The average molecular weight is 544 g/mol. The highest BCUT2D eigenvalue weighted by Crippen LogP contribution is 2.41. The number of rotatable bonds is 13. The van der Waals surface area contributed by atoms with E-state index in [0.29, 0.717) is 23.2 Å². The molecule has 1 fully saturated rings. The van der Waals surface area contributed by atoms with E-state index in [1.165, 1.54) is 28.4 Å². The highest BCUT2D eigenvalue weighted by atomic mass is 32.2. The summed E-state index contributed by atoms with van der Waals surface area (Å²) in [4.78, 5) is 40.6. The van der Waals surface area contributed by atoms with Crippen LogP contribution in [0.25, 0.3) is 0 Å². The Balaban J connectivity index is 1.61. The van der Waals surface area contributed by atoms with Gasteiger partial charge in [0.25, 0.3) is 0 Å². The fourth-order valence-corrected chi connectivity index (χ4v) is 5.89. The van der Waals surface area contributed by atoms with Crippen LogP contribution in [0.15, 0.2) is 16.4 Å². The van der Waals surface area contributed by atoms with Crippen LogP contribution in [0, 0.1) is 0 Å². The van der Waals surface area contributed by atoms with E-state index in [1.807, 2.05) is 25.9 Å². The van der Waals surface area contributed by atoms with Crippen LogP contribution in [0.2, 0.25) is 0 Å². The Bertz CT molecular complexity index is 972. The van der Waals surface area contributed by atoms with Crippen molar-refractivity contribution in [1.29, 1.82) is 0 Å². The number of carbonyl (C=O) groups excluding carboxylic acids is 3. The molecule has 3 atom stereocenters. The third kappa shape index (κ3) is 7.11. The lowest BCUT2D eigenvalue weighted by atomic mass is 10.0. The first-order valence-electron chi connectivity index (χ1n) is 11.7. The number of carbonyl (C=O) groups is 3. The van der Waals surface area contributed by atoms with E-state index in [9.17, 15) is 14.4 Å². The van der Waals surface area contributed by atoms with Crippen molar-refractivity contribution in [2.45, 2.75) is 55.9 Å². The second-order valence-electron chi connectivity index (χ2n) is 8.62. The summed E-state index contributed by atoms with van der Waals surface area (Å²) in [7, 11) is 3.93. The van der Waals surface area contributed by atoms with Crippen LogP contribution in [0.5, 0.6) is 0 Å². The first-order chi connectivity index (χ1) is 17.2. The fraction of sp³-hybridized carbons (Fsp3) is 0.714. The molecule has 200 valence electrons. The molecule has 3 heterocycles. The molecule has 2 aliphatic rings. The Morgan fingerprint density at radius 1 is 1.31 bits per heavy atom. The molecular formula is C21H33N7O6S2. The Hall–Kier alpha value is -2.36. The molecule has 1 saturated heterocycles. The van der Waals surface area contributed by atoms with E-state index in [-0.39, 0.29) is 36.3 Å². The van der Waals surface area contributed by atoms with Crippen molar-refractivity contribution in [1.82, 2.24) is 30.0 Å². The summed E-state index contributed by atoms with van der Waals surface area (Å²) in [5, 5.41) is 12.1. The van der Waals surface area contributed by atoms with Gasteiger partial charge in [0, 0.05) is 18.1 Å². The van der Waals surface area contributed by atoms with Crippen LogP contribution in [-0.4, -0.2) is 111 Å². The van der Waals surface area contributed by atoms with Crippen molar-refractivity contribution in [3.8, 4) is 0 Å². The van der Waals surface area contributed by atoms with E-state index < -0.39 is 18.2 Å². The van der Waals surface area contributed by atoms with Crippen molar-refractivity contribution < 1.29 is 28.6 Å². The molecule has 0 bridgehead atoms. The summed E-state index contributed by atoms with van der Waals surface area (Å²) in [6.45, 7) is 4.82. The van der Waals surface area contributed by atoms with Crippen LogP contribution in [0.1, 0.15) is 26.7 Å². The molecular weight excluding hydrogens is 510 g/mol. The quantitative estimate of drug-likeness (QED) is 0.161. The first-order valence-corrected chi connectivity index (χ1v) is 13.7. The van der Waals surface area contributed by atoms with Gasteiger partial charge in [0.15, 0.2) is 0 Å². The minimum Gasteiger partial charge on any atom is -0.457 e. The number of hydrogen-bond donors (Lipinski definition) is 1. The Kier molecular flexibility index (Phi) is 10.4. The molecule has 2 N–H and O–H groups in total. The lowest BCUT2D eigenvalue weighted by molar-refractivity contribution is -0.151. The number of aromatic nitrogens is 4. The molecule has 36 heavy (non-hydrogen) atoms. The number of fused-ring (bicyclic) bond motifs is 1. The zero-order valence-corrected chi connectivity index (χ0v) is 22.5. The monoisotopic (exact) mass is 543 g/mol. The topological polar surface area (TPSA) is 155 Å². The van der Waals surface area contributed by atoms with Crippen LogP contribution < -0.4 is 5.73 Å². The molecule has 3 rings (SSSR count). The maximum absolute atomic E-state index is 13.0. The number of likely N-dealkylation sites (N-methyl/N-ethyl adjacent to an activating group) is 1. The van der Waals surface area contributed by atoms with Crippen molar-refractivity contribution in [2.24, 2.45) is 5.73 Å². The lowest BCUT2D eigenvalue weighted by Gasteiger charge is -2.48. The highest BCUT2D eigenvalue weighted by molar-refractivity contribution is 8.01. The number of tetrazole rings is 1. The standard InChI is InChI=1S/C21H33N7O6S2/c1-5-6-13(2)34-21(31)33-10-9-32-19(30)16-14(11-35-18-15(22)17(29)28(16)18)12-36-20-23-24-25-27(20)8-7-26(3)4/h13,15,18H,5-12,22H2,1-4H3/t13?,15-,18+/m1/s1. The van der Waals surface area contributed by atoms with Gasteiger partial charge in [-0.25, -0.2) is 14.3 Å².